The highest BCUT2D eigenvalue weighted by Crippen LogP contribution is 2.08. The standard InChI is InChI=1S/C13H10N2O2/c16-12(10-3-6-14-7-4-10)8-13(17)11-2-1-5-15-9-11/h1-9,17H/p-1/b13-8-. The van der Waals surface area contributed by atoms with Crippen molar-refractivity contribution in [2.75, 3.05) is 0 Å². The van der Waals surface area contributed by atoms with Crippen LogP contribution in [-0.4, -0.2) is 15.8 Å². The van der Waals surface area contributed by atoms with Crippen molar-refractivity contribution in [1.29, 1.82) is 0 Å². The van der Waals surface area contributed by atoms with E-state index in [9.17, 15) is 9.90 Å². The number of carbonyl (C=O) groups is 1. The third kappa shape index (κ3) is 2.75. The Balaban J connectivity index is 2.24. The van der Waals surface area contributed by atoms with Gasteiger partial charge in [0.2, 0.25) is 0 Å². The Hall–Kier alpha value is -2.49. The molecule has 2 rings (SSSR count). The van der Waals surface area contributed by atoms with Crippen molar-refractivity contribution >= 4 is 11.5 Å². The fraction of sp³-hybridized carbons (Fsp3) is 0. The lowest BCUT2D eigenvalue weighted by Crippen LogP contribution is -2.06. The van der Waals surface area contributed by atoms with Gasteiger partial charge in [-0.05, 0) is 29.8 Å². The van der Waals surface area contributed by atoms with Gasteiger partial charge in [-0.3, -0.25) is 14.8 Å². The number of hydrogen-bond donors (Lipinski definition) is 0. The number of carbonyl (C=O) groups excluding carboxylic acids is 1. The lowest BCUT2D eigenvalue weighted by molar-refractivity contribution is -0.243. The fourth-order valence-electron chi connectivity index (χ4n) is 1.31. The Bertz CT molecular complexity index is 536. The Morgan fingerprint density at radius 3 is 2.47 bits per heavy atom. The summed E-state index contributed by atoms with van der Waals surface area (Å²) in [5.74, 6) is -0.679. The summed E-state index contributed by atoms with van der Waals surface area (Å²) in [6.07, 6.45) is 7.08. The molecule has 0 aliphatic heterocycles. The summed E-state index contributed by atoms with van der Waals surface area (Å²) in [6, 6.07) is 6.40. The summed E-state index contributed by atoms with van der Waals surface area (Å²) in [5, 5.41) is 11.7. The Morgan fingerprint density at radius 1 is 1.06 bits per heavy atom. The van der Waals surface area contributed by atoms with E-state index in [1.165, 1.54) is 18.6 Å². The maximum absolute atomic E-state index is 11.7. The second-order valence-corrected chi connectivity index (χ2v) is 3.35. The monoisotopic (exact) mass is 225 g/mol. The van der Waals surface area contributed by atoms with Crippen molar-refractivity contribution in [3.8, 4) is 0 Å². The minimum Gasteiger partial charge on any atom is -0.872 e. The van der Waals surface area contributed by atoms with E-state index in [0.717, 1.165) is 6.08 Å². The average molecular weight is 225 g/mol. The molecule has 0 spiro atoms. The molecule has 0 amide bonds. The number of allylic oxidation sites excluding steroid dienone is 1. The first-order valence-electron chi connectivity index (χ1n) is 5.01. The molecule has 0 aromatic carbocycles. The number of pyridine rings is 2. The van der Waals surface area contributed by atoms with Gasteiger partial charge < -0.3 is 5.11 Å². The summed E-state index contributed by atoms with van der Waals surface area (Å²) in [7, 11) is 0. The number of aromatic nitrogens is 2. The van der Waals surface area contributed by atoms with E-state index < -0.39 is 0 Å². The van der Waals surface area contributed by atoms with Crippen LogP contribution in [0.2, 0.25) is 0 Å². The van der Waals surface area contributed by atoms with Gasteiger partial charge in [0.05, 0.1) is 0 Å². The number of ketones is 1. The smallest absolute Gasteiger partial charge is 0.185 e. The largest absolute Gasteiger partial charge is 0.872 e. The third-order valence-electron chi connectivity index (χ3n) is 2.17. The van der Waals surface area contributed by atoms with Crippen LogP contribution in [0.5, 0.6) is 0 Å². The van der Waals surface area contributed by atoms with Crippen molar-refractivity contribution in [2.45, 2.75) is 0 Å². The second kappa shape index (κ2) is 5.03. The van der Waals surface area contributed by atoms with Gasteiger partial charge in [0.1, 0.15) is 0 Å². The Kier molecular flexibility index (Phi) is 3.25. The van der Waals surface area contributed by atoms with Crippen LogP contribution in [0.1, 0.15) is 15.9 Å². The van der Waals surface area contributed by atoms with Crippen molar-refractivity contribution < 1.29 is 9.90 Å². The molecule has 0 fully saturated rings. The van der Waals surface area contributed by atoms with Crippen LogP contribution in [-0.2, 0) is 0 Å². The summed E-state index contributed by atoms with van der Waals surface area (Å²) in [4.78, 5) is 19.3. The van der Waals surface area contributed by atoms with E-state index in [1.807, 2.05) is 0 Å². The Morgan fingerprint density at radius 2 is 1.82 bits per heavy atom. The van der Waals surface area contributed by atoms with Crippen molar-refractivity contribution in [1.82, 2.24) is 9.97 Å². The first kappa shape index (κ1) is 11.0. The Labute approximate surface area is 98.3 Å². The third-order valence-corrected chi connectivity index (χ3v) is 2.17. The van der Waals surface area contributed by atoms with Crippen molar-refractivity contribution in [3.63, 3.8) is 0 Å². The molecule has 0 unspecified atom stereocenters. The molecule has 0 N–H and O–H groups in total. The second-order valence-electron chi connectivity index (χ2n) is 3.35. The number of hydrogen-bond acceptors (Lipinski definition) is 4. The van der Waals surface area contributed by atoms with E-state index in [2.05, 4.69) is 9.97 Å². The zero-order chi connectivity index (χ0) is 12.1. The summed E-state index contributed by atoms with van der Waals surface area (Å²) >= 11 is 0. The quantitative estimate of drug-likeness (QED) is 0.445. The molecule has 17 heavy (non-hydrogen) atoms. The molecule has 4 nitrogen and oxygen atoms in total. The minimum atomic E-state index is -0.347. The van der Waals surface area contributed by atoms with Gasteiger partial charge in [0.25, 0.3) is 0 Å². The van der Waals surface area contributed by atoms with Crippen LogP contribution in [0.15, 0.2) is 55.1 Å². The van der Waals surface area contributed by atoms with Crippen LogP contribution in [0, 0.1) is 0 Å². The molecule has 4 heteroatoms. The first-order chi connectivity index (χ1) is 8.27. The van der Waals surface area contributed by atoms with Gasteiger partial charge in [-0.2, -0.15) is 0 Å². The van der Waals surface area contributed by atoms with Gasteiger partial charge >= 0.3 is 0 Å². The maximum atomic E-state index is 11.7. The summed E-state index contributed by atoms with van der Waals surface area (Å²) in [6.45, 7) is 0. The van der Waals surface area contributed by atoms with Gasteiger partial charge in [-0.15, -0.1) is 0 Å². The summed E-state index contributed by atoms with van der Waals surface area (Å²) in [5.41, 5.74) is 0.840. The molecular weight excluding hydrogens is 216 g/mol. The van der Waals surface area contributed by atoms with Crippen LogP contribution in [0.25, 0.3) is 5.76 Å². The van der Waals surface area contributed by atoms with E-state index in [-0.39, 0.29) is 11.5 Å². The van der Waals surface area contributed by atoms with Crippen molar-refractivity contribution in [3.05, 3.63) is 66.3 Å². The first-order valence-corrected chi connectivity index (χ1v) is 5.01. The van der Waals surface area contributed by atoms with E-state index >= 15 is 0 Å². The number of nitrogens with zero attached hydrogens (tertiary/aromatic N) is 2. The van der Waals surface area contributed by atoms with Gasteiger partial charge in [-0.1, -0.05) is 11.8 Å². The van der Waals surface area contributed by atoms with Gasteiger partial charge in [-0.25, -0.2) is 0 Å². The van der Waals surface area contributed by atoms with Gasteiger partial charge in [0.15, 0.2) is 5.78 Å². The fourth-order valence-corrected chi connectivity index (χ4v) is 1.31. The highest BCUT2D eigenvalue weighted by Gasteiger charge is 2.01. The molecule has 0 aliphatic rings. The molecule has 0 saturated heterocycles. The zero-order valence-electron chi connectivity index (χ0n) is 8.91. The van der Waals surface area contributed by atoms with Crippen LogP contribution < -0.4 is 5.11 Å². The lowest BCUT2D eigenvalue weighted by atomic mass is 10.1. The SMILES string of the molecule is O=C(/C=C(\[O-])c1cccnc1)c1ccncc1. The highest BCUT2D eigenvalue weighted by atomic mass is 16.3. The lowest BCUT2D eigenvalue weighted by Gasteiger charge is -2.10. The normalized spacial score (nSPS) is 11.2. The molecule has 2 aromatic heterocycles. The van der Waals surface area contributed by atoms with Crippen LogP contribution >= 0.6 is 0 Å². The van der Waals surface area contributed by atoms with E-state index in [4.69, 9.17) is 0 Å². The molecule has 0 atom stereocenters. The summed E-state index contributed by atoms with van der Waals surface area (Å²) < 4.78 is 0. The highest BCUT2D eigenvalue weighted by molar-refractivity contribution is 6.07. The topological polar surface area (TPSA) is 65.9 Å². The molecule has 0 radical (unpaired) electrons. The van der Waals surface area contributed by atoms with Crippen LogP contribution in [0.3, 0.4) is 0 Å². The molecule has 0 saturated carbocycles. The maximum Gasteiger partial charge on any atom is 0.185 e. The molecule has 0 bridgehead atoms. The van der Waals surface area contributed by atoms with E-state index in [1.54, 1.807) is 30.5 Å². The molecule has 2 aromatic rings. The average Bonchev–Trinajstić information content (AvgIpc) is 2.40. The minimum absolute atomic E-state index is 0.332. The zero-order valence-corrected chi connectivity index (χ0v) is 8.91. The van der Waals surface area contributed by atoms with Crippen molar-refractivity contribution in [2.24, 2.45) is 0 Å². The molecule has 2 heterocycles. The molecule has 84 valence electrons. The molecular formula is C13H9N2O2-. The molecule has 0 aliphatic carbocycles. The number of rotatable bonds is 3. The predicted molar refractivity (Wildman–Crippen MR) is 60.8 cm³/mol. The van der Waals surface area contributed by atoms with E-state index in [0.29, 0.717) is 11.1 Å². The van der Waals surface area contributed by atoms with Crippen LogP contribution in [0.4, 0.5) is 0 Å². The van der Waals surface area contributed by atoms with Gasteiger partial charge in [0, 0.05) is 30.4 Å². The predicted octanol–water partition coefficient (Wildman–Crippen LogP) is 1.06.